The van der Waals surface area contributed by atoms with E-state index in [2.05, 4.69) is 5.32 Å². The lowest BCUT2D eigenvalue weighted by molar-refractivity contribution is -0.114. The summed E-state index contributed by atoms with van der Waals surface area (Å²) in [6.07, 6.45) is 2.01. The summed E-state index contributed by atoms with van der Waals surface area (Å²) in [4.78, 5) is 44.8. The SMILES string of the molecule is Cc1ccc(NC(=O)CN2C(=O)c3ccccc3Sc3ccc(C(=O)N4CCCC4)cc32)cc1C. The van der Waals surface area contributed by atoms with Gasteiger partial charge in [0.2, 0.25) is 5.91 Å². The maximum Gasteiger partial charge on any atom is 0.259 e. The largest absolute Gasteiger partial charge is 0.339 e. The number of amides is 3. The molecule has 178 valence electrons. The highest BCUT2D eigenvalue weighted by molar-refractivity contribution is 7.99. The molecule has 35 heavy (non-hydrogen) atoms. The molecule has 0 spiro atoms. The van der Waals surface area contributed by atoms with E-state index in [9.17, 15) is 14.4 Å². The zero-order valence-corrected chi connectivity index (χ0v) is 20.7. The van der Waals surface area contributed by atoms with Crippen LogP contribution in [0.15, 0.2) is 70.5 Å². The zero-order chi connectivity index (χ0) is 24.5. The lowest BCUT2D eigenvalue weighted by Gasteiger charge is -2.24. The number of anilines is 2. The van der Waals surface area contributed by atoms with Crippen molar-refractivity contribution in [3.05, 3.63) is 82.9 Å². The van der Waals surface area contributed by atoms with Gasteiger partial charge in [-0.2, -0.15) is 0 Å². The monoisotopic (exact) mass is 485 g/mol. The van der Waals surface area contributed by atoms with Crippen LogP contribution in [0.1, 0.15) is 44.7 Å². The second-order valence-corrected chi connectivity index (χ2v) is 10.1. The number of nitrogens with zero attached hydrogens (tertiary/aromatic N) is 2. The van der Waals surface area contributed by atoms with Crippen LogP contribution in [0.25, 0.3) is 0 Å². The minimum atomic E-state index is -0.298. The molecule has 7 heteroatoms. The Labute approximate surface area is 209 Å². The van der Waals surface area contributed by atoms with E-state index in [1.54, 1.807) is 12.1 Å². The number of benzene rings is 3. The van der Waals surface area contributed by atoms with Crippen LogP contribution in [0.3, 0.4) is 0 Å². The fourth-order valence-electron chi connectivity index (χ4n) is 4.48. The van der Waals surface area contributed by atoms with E-state index in [4.69, 9.17) is 0 Å². The second kappa shape index (κ2) is 9.58. The smallest absolute Gasteiger partial charge is 0.259 e. The van der Waals surface area contributed by atoms with Gasteiger partial charge in [-0.3, -0.25) is 19.3 Å². The van der Waals surface area contributed by atoms with Crippen molar-refractivity contribution in [2.45, 2.75) is 36.5 Å². The summed E-state index contributed by atoms with van der Waals surface area (Å²) in [5.74, 6) is -0.592. The number of nitrogens with one attached hydrogen (secondary N) is 1. The Bertz CT molecular complexity index is 1330. The van der Waals surface area contributed by atoms with Crippen molar-refractivity contribution in [3.8, 4) is 0 Å². The molecule has 2 heterocycles. The first-order valence-corrected chi connectivity index (χ1v) is 12.6. The molecule has 1 saturated heterocycles. The molecule has 0 unspecified atom stereocenters. The Morgan fingerprint density at radius 3 is 2.46 bits per heavy atom. The molecule has 3 aromatic rings. The molecule has 0 saturated carbocycles. The number of carbonyl (C=O) groups excluding carboxylic acids is 3. The van der Waals surface area contributed by atoms with Gasteiger partial charge in [0, 0.05) is 34.1 Å². The van der Waals surface area contributed by atoms with Crippen molar-refractivity contribution in [1.82, 2.24) is 4.90 Å². The molecule has 3 aromatic carbocycles. The van der Waals surface area contributed by atoms with Crippen molar-refractivity contribution in [2.24, 2.45) is 0 Å². The maximum absolute atomic E-state index is 13.7. The van der Waals surface area contributed by atoms with Crippen LogP contribution < -0.4 is 10.2 Å². The summed E-state index contributed by atoms with van der Waals surface area (Å²) in [7, 11) is 0. The molecule has 5 rings (SSSR count). The third kappa shape index (κ3) is 4.68. The van der Waals surface area contributed by atoms with Crippen LogP contribution >= 0.6 is 11.8 Å². The number of carbonyl (C=O) groups is 3. The van der Waals surface area contributed by atoms with Crippen molar-refractivity contribution in [3.63, 3.8) is 0 Å². The van der Waals surface area contributed by atoms with Gasteiger partial charge < -0.3 is 10.2 Å². The first kappa shape index (κ1) is 23.2. The Morgan fingerprint density at radius 2 is 1.69 bits per heavy atom. The summed E-state index contributed by atoms with van der Waals surface area (Å²) in [5, 5.41) is 2.92. The minimum absolute atomic E-state index is 0.0379. The molecular formula is C28H27N3O3S. The van der Waals surface area contributed by atoms with E-state index >= 15 is 0 Å². The van der Waals surface area contributed by atoms with E-state index < -0.39 is 0 Å². The first-order chi connectivity index (χ1) is 16.9. The van der Waals surface area contributed by atoms with Gasteiger partial charge in [-0.1, -0.05) is 30.0 Å². The number of hydrogen-bond donors (Lipinski definition) is 1. The molecule has 0 bridgehead atoms. The van der Waals surface area contributed by atoms with Gasteiger partial charge in [0.25, 0.3) is 11.8 Å². The Balaban J connectivity index is 1.49. The summed E-state index contributed by atoms with van der Waals surface area (Å²) in [5.41, 5.74) is 4.56. The highest BCUT2D eigenvalue weighted by Crippen LogP contribution is 2.42. The summed E-state index contributed by atoms with van der Waals surface area (Å²) >= 11 is 1.48. The Kier molecular flexibility index (Phi) is 6.34. The van der Waals surface area contributed by atoms with Gasteiger partial charge in [-0.15, -0.1) is 0 Å². The summed E-state index contributed by atoms with van der Waals surface area (Å²) in [6, 6.07) is 18.6. The standard InChI is InChI=1S/C28H27N3O3S/c1-18-9-11-21(15-19(18)2)29-26(32)17-31-23-16-20(27(33)30-13-5-6-14-30)10-12-25(23)35-24-8-4-3-7-22(24)28(31)34/h3-4,7-12,15-16H,5-6,13-14,17H2,1-2H3,(H,29,32). The van der Waals surface area contributed by atoms with Crippen LogP contribution in [-0.2, 0) is 4.79 Å². The molecule has 0 aliphatic carbocycles. The molecular weight excluding hydrogens is 458 g/mol. The highest BCUT2D eigenvalue weighted by Gasteiger charge is 2.30. The lowest BCUT2D eigenvalue weighted by Crippen LogP contribution is -2.38. The van der Waals surface area contributed by atoms with Crippen LogP contribution in [0.2, 0.25) is 0 Å². The van der Waals surface area contributed by atoms with E-state index in [1.807, 2.05) is 67.3 Å². The molecule has 0 radical (unpaired) electrons. The van der Waals surface area contributed by atoms with Crippen molar-refractivity contribution < 1.29 is 14.4 Å². The van der Waals surface area contributed by atoms with Crippen LogP contribution in [-0.4, -0.2) is 42.3 Å². The molecule has 1 N–H and O–H groups in total. The zero-order valence-electron chi connectivity index (χ0n) is 19.8. The van der Waals surface area contributed by atoms with Crippen LogP contribution in [0.4, 0.5) is 11.4 Å². The van der Waals surface area contributed by atoms with E-state index in [1.165, 1.54) is 16.7 Å². The van der Waals surface area contributed by atoms with Gasteiger partial charge in [0.1, 0.15) is 6.54 Å². The van der Waals surface area contributed by atoms with Gasteiger partial charge >= 0.3 is 0 Å². The third-order valence-corrected chi connectivity index (χ3v) is 7.71. The summed E-state index contributed by atoms with van der Waals surface area (Å²) < 4.78 is 0. The molecule has 6 nitrogen and oxygen atoms in total. The van der Waals surface area contributed by atoms with E-state index in [0.29, 0.717) is 22.5 Å². The first-order valence-electron chi connectivity index (χ1n) is 11.8. The predicted molar refractivity (Wildman–Crippen MR) is 138 cm³/mol. The lowest BCUT2D eigenvalue weighted by atomic mass is 10.1. The molecule has 2 aliphatic heterocycles. The quantitative estimate of drug-likeness (QED) is 0.545. The fourth-order valence-corrected chi connectivity index (χ4v) is 5.53. The number of likely N-dealkylation sites (tertiary alicyclic amines) is 1. The Morgan fingerprint density at radius 1 is 0.914 bits per heavy atom. The number of aryl methyl sites for hydroxylation is 2. The van der Waals surface area contributed by atoms with Gasteiger partial charge in [-0.25, -0.2) is 0 Å². The predicted octanol–water partition coefficient (Wildman–Crippen LogP) is 5.29. The van der Waals surface area contributed by atoms with Gasteiger partial charge in [-0.05, 0) is 80.3 Å². The number of rotatable bonds is 4. The minimum Gasteiger partial charge on any atom is -0.339 e. The molecule has 3 amide bonds. The fraction of sp³-hybridized carbons (Fsp3) is 0.250. The average Bonchev–Trinajstić information content (AvgIpc) is 3.36. The number of hydrogen-bond acceptors (Lipinski definition) is 4. The summed E-state index contributed by atoms with van der Waals surface area (Å²) in [6.45, 7) is 5.35. The van der Waals surface area contributed by atoms with Crippen molar-refractivity contribution >= 4 is 40.9 Å². The number of fused-ring (bicyclic) bond motifs is 2. The second-order valence-electron chi connectivity index (χ2n) is 9.02. The molecule has 2 aliphatic rings. The topological polar surface area (TPSA) is 69.7 Å². The average molecular weight is 486 g/mol. The maximum atomic E-state index is 13.7. The highest BCUT2D eigenvalue weighted by atomic mass is 32.2. The van der Waals surface area contributed by atoms with Crippen LogP contribution in [0.5, 0.6) is 0 Å². The molecule has 0 aromatic heterocycles. The van der Waals surface area contributed by atoms with E-state index in [-0.39, 0.29) is 24.3 Å². The van der Waals surface area contributed by atoms with Crippen molar-refractivity contribution in [1.29, 1.82) is 0 Å². The molecule has 0 atom stereocenters. The van der Waals surface area contributed by atoms with Crippen LogP contribution in [0, 0.1) is 13.8 Å². The van der Waals surface area contributed by atoms with Gasteiger partial charge in [0.15, 0.2) is 0 Å². The van der Waals surface area contributed by atoms with E-state index in [0.717, 1.165) is 46.8 Å². The third-order valence-electron chi connectivity index (χ3n) is 6.56. The Hall–Kier alpha value is -3.58. The van der Waals surface area contributed by atoms with Crippen molar-refractivity contribution in [2.75, 3.05) is 29.9 Å². The normalized spacial score (nSPS) is 14.9. The van der Waals surface area contributed by atoms with Gasteiger partial charge in [0.05, 0.1) is 11.3 Å². The molecule has 1 fully saturated rings.